The molecule has 12 heteroatoms. The van der Waals surface area contributed by atoms with Gasteiger partial charge in [-0.05, 0) is 36.4 Å². The van der Waals surface area contributed by atoms with E-state index in [0.29, 0.717) is 6.07 Å². The van der Waals surface area contributed by atoms with E-state index in [1.165, 1.54) is 30.3 Å². The molecule has 0 fully saturated rings. The second kappa shape index (κ2) is 9.03. The molecule has 0 bridgehead atoms. The van der Waals surface area contributed by atoms with E-state index in [0.717, 1.165) is 24.3 Å². The summed E-state index contributed by atoms with van der Waals surface area (Å²) >= 11 is 2.66. The van der Waals surface area contributed by atoms with Crippen LogP contribution in [0.2, 0.25) is 0 Å². The lowest BCUT2D eigenvalue weighted by molar-refractivity contribution is -0.407. The molecule has 0 aliphatic rings. The van der Waals surface area contributed by atoms with Crippen LogP contribution in [0.25, 0.3) is 0 Å². The molecule has 0 saturated carbocycles. The Morgan fingerprint density at radius 3 is 1.69 bits per heavy atom. The topological polar surface area (TPSA) is 9.23 Å². The van der Waals surface area contributed by atoms with Crippen molar-refractivity contribution in [3.05, 3.63) is 94.5 Å². The molecule has 0 heterocycles. The zero-order valence-corrected chi connectivity index (χ0v) is 18.7. The molecule has 0 amide bonds. The zero-order chi connectivity index (χ0) is 26.3. The average Bonchev–Trinajstić information content (AvgIpc) is 2.79. The Hall–Kier alpha value is -2.76. The minimum Gasteiger partial charge on any atom is -0.457 e. The molecule has 0 aromatic heterocycles. The fourth-order valence-electron chi connectivity index (χ4n) is 3.06. The number of rotatable bonds is 8. The van der Waals surface area contributed by atoms with Crippen LogP contribution in [0.5, 0.6) is 11.5 Å². The zero-order valence-electron chi connectivity index (χ0n) is 17.1. The summed E-state index contributed by atoms with van der Waals surface area (Å²) in [5.41, 5.74) is -3.70. The molecule has 0 radical (unpaired) electrons. The van der Waals surface area contributed by atoms with Crippen LogP contribution < -0.4 is 4.74 Å². The molecular weight excluding hydrogens is 562 g/mol. The highest BCUT2D eigenvalue weighted by molar-refractivity contribution is 9.10. The lowest BCUT2D eigenvalue weighted by Crippen LogP contribution is -2.65. The van der Waals surface area contributed by atoms with Gasteiger partial charge >= 0.3 is 29.6 Å². The van der Waals surface area contributed by atoms with E-state index in [9.17, 15) is 43.9 Å². The minimum absolute atomic E-state index is 0.169. The normalized spacial score (nSPS) is 13.6. The lowest BCUT2D eigenvalue weighted by Gasteiger charge is -2.39. The van der Waals surface area contributed by atoms with Gasteiger partial charge < -0.3 is 4.74 Å². The van der Waals surface area contributed by atoms with Crippen LogP contribution in [0.3, 0.4) is 0 Å². The van der Waals surface area contributed by atoms with Crippen LogP contribution in [-0.4, -0.2) is 17.8 Å². The van der Waals surface area contributed by atoms with E-state index in [4.69, 9.17) is 4.74 Å². The van der Waals surface area contributed by atoms with Crippen molar-refractivity contribution in [3.8, 4) is 11.5 Å². The number of ether oxygens (including phenoxy) is 1. The summed E-state index contributed by atoms with van der Waals surface area (Å²) in [6, 6.07) is 11.8. The first-order chi connectivity index (χ1) is 16.1. The van der Waals surface area contributed by atoms with Gasteiger partial charge in [-0.2, -0.15) is 43.9 Å². The highest BCUT2D eigenvalue weighted by Gasteiger charge is 2.86. The van der Waals surface area contributed by atoms with E-state index in [1.807, 2.05) is 0 Å². The van der Waals surface area contributed by atoms with Gasteiger partial charge in [0.1, 0.15) is 11.5 Å². The van der Waals surface area contributed by atoms with E-state index < -0.39 is 46.5 Å². The molecule has 35 heavy (non-hydrogen) atoms. The number of para-hydroxylation sites is 2. The fourth-order valence-corrected chi connectivity index (χ4v) is 3.46. The van der Waals surface area contributed by atoms with E-state index in [1.54, 1.807) is 0 Å². The first-order valence-electron chi connectivity index (χ1n) is 9.55. The summed E-state index contributed by atoms with van der Waals surface area (Å²) in [7, 11) is 0. The summed E-state index contributed by atoms with van der Waals surface area (Å²) < 4.78 is 151. The summed E-state index contributed by atoms with van der Waals surface area (Å²) in [5.74, 6) is -34.4. The van der Waals surface area contributed by atoms with Gasteiger partial charge in [-0.3, -0.25) is 0 Å². The summed E-state index contributed by atoms with van der Waals surface area (Å²) in [4.78, 5) is 0. The third-order valence-electron chi connectivity index (χ3n) is 4.96. The van der Waals surface area contributed by atoms with Gasteiger partial charge in [0.05, 0.1) is 5.56 Å². The first-order valence-corrected chi connectivity index (χ1v) is 10.3. The second-order valence-electron chi connectivity index (χ2n) is 7.29. The van der Waals surface area contributed by atoms with Crippen LogP contribution in [0, 0.1) is 0 Å². The number of hydrogen-bond donors (Lipinski definition) is 0. The van der Waals surface area contributed by atoms with Gasteiger partial charge in [0.2, 0.25) is 0 Å². The molecule has 0 aliphatic carbocycles. The van der Waals surface area contributed by atoms with Crippen molar-refractivity contribution in [2.45, 2.75) is 29.6 Å². The molecular formula is C23H13BrF10O. The largest absolute Gasteiger partial charge is 0.457 e. The molecule has 1 nitrogen and oxygen atoms in total. The summed E-state index contributed by atoms with van der Waals surface area (Å²) in [5, 5.41) is 0. The predicted octanol–water partition coefficient (Wildman–Crippen LogP) is 9.03. The smallest absolute Gasteiger partial charge is 0.385 e. The van der Waals surface area contributed by atoms with Gasteiger partial charge in [-0.1, -0.05) is 58.4 Å². The van der Waals surface area contributed by atoms with E-state index in [2.05, 4.69) is 15.9 Å². The molecule has 0 unspecified atom stereocenters. The Balaban J connectivity index is 2.09. The molecule has 0 atom stereocenters. The molecule has 0 aliphatic heterocycles. The van der Waals surface area contributed by atoms with Crippen molar-refractivity contribution in [1.29, 1.82) is 0 Å². The maximum atomic E-state index is 14.9. The summed E-state index contributed by atoms with van der Waals surface area (Å²) in [6.07, 6.45) is 0. The van der Waals surface area contributed by atoms with Gasteiger partial charge in [0.15, 0.2) is 0 Å². The third-order valence-corrected chi connectivity index (χ3v) is 5.45. The van der Waals surface area contributed by atoms with Crippen molar-refractivity contribution in [2.24, 2.45) is 0 Å². The lowest BCUT2D eigenvalue weighted by atomic mass is 9.88. The van der Waals surface area contributed by atoms with E-state index in [-0.39, 0.29) is 28.4 Å². The SMILES string of the molecule is FC(F)(c1cccc(Br)c1)C(F)(F)C(F)(F)C(F)(F)C(F)(F)c1ccccc1Oc1ccccc1. The Bertz CT molecular complexity index is 1180. The number of hydrogen-bond acceptors (Lipinski definition) is 1. The second-order valence-corrected chi connectivity index (χ2v) is 8.21. The van der Waals surface area contributed by atoms with Crippen molar-refractivity contribution in [1.82, 2.24) is 0 Å². The first kappa shape index (κ1) is 26.8. The van der Waals surface area contributed by atoms with Crippen LogP contribution >= 0.6 is 15.9 Å². The fraction of sp³-hybridized carbons (Fsp3) is 0.217. The number of halogens is 11. The molecule has 3 aromatic rings. The molecule has 0 saturated heterocycles. The Morgan fingerprint density at radius 1 is 0.543 bits per heavy atom. The van der Waals surface area contributed by atoms with Crippen LogP contribution in [0.4, 0.5) is 43.9 Å². The third kappa shape index (κ3) is 4.36. The molecule has 0 spiro atoms. The molecule has 3 aromatic carbocycles. The molecule has 0 N–H and O–H groups in total. The highest BCUT2D eigenvalue weighted by Crippen LogP contribution is 2.62. The Labute approximate surface area is 200 Å². The van der Waals surface area contributed by atoms with Gasteiger partial charge in [-0.15, -0.1) is 0 Å². The average molecular weight is 575 g/mol. The quantitative estimate of drug-likeness (QED) is 0.244. The van der Waals surface area contributed by atoms with Crippen LogP contribution in [-0.2, 0) is 11.8 Å². The maximum Gasteiger partial charge on any atom is 0.385 e. The molecule has 3 rings (SSSR count). The molecule has 188 valence electrons. The van der Waals surface area contributed by atoms with Crippen LogP contribution in [0.1, 0.15) is 11.1 Å². The minimum atomic E-state index is -7.23. The summed E-state index contributed by atoms with van der Waals surface area (Å²) in [6.45, 7) is 0. The Morgan fingerprint density at radius 2 is 1.09 bits per heavy atom. The van der Waals surface area contributed by atoms with Crippen molar-refractivity contribution in [3.63, 3.8) is 0 Å². The standard InChI is InChI=1S/C23H13BrF10O/c24-15-8-6-7-14(13-15)19(25,26)21(29,30)23(33,34)22(31,32)20(27,28)17-11-4-5-12-18(17)35-16-9-2-1-3-10-16/h1-13H. The monoisotopic (exact) mass is 574 g/mol. The number of benzene rings is 3. The maximum absolute atomic E-state index is 14.9. The van der Waals surface area contributed by atoms with Crippen molar-refractivity contribution >= 4 is 15.9 Å². The predicted molar refractivity (Wildman–Crippen MR) is 110 cm³/mol. The van der Waals surface area contributed by atoms with Crippen molar-refractivity contribution in [2.75, 3.05) is 0 Å². The van der Waals surface area contributed by atoms with Crippen molar-refractivity contribution < 1.29 is 48.6 Å². The van der Waals surface area contributed by atoms with Gasteiger partial charge in [0, 0.05) is 10.0 Å². The van der Waals surface area contributed by atoms with Crippen LogP contribution in [0.15, 0.2) is 83.3 Å². The Kier molecular flexibility index (Phi) is 6.93. The van der Waals surface area contributed by atoms with Gasteiger partial charge in [-0.25, -0.2) is 0 Å². The number of alkyl halides is 10. The van der Waals surface area contributed by atoms with E-state index >= 15 is 0 Å². The van der Waals surface area contributed by atoms with Gasteiger partial charge in [0.25, 0.3) is 0 Å². The highest BCUT2D eigenvalue weighted by atomic mass is 79.9.